The Morgan fingerprint density at radius 2 is 1.54 bits per heavy atom. The van der Waals surface area contributed by atoms with Crippen LogP contribution in [-0.4, -0.2) is 109 Å². The summed E-state index contributed by atoms with van der Waals surface area (Å²) >= 11 is 6.36. The highest BCUT2D eigenvalue weighted by molar-refractivity contribution is 6.32. The quantitative estimate of drug-likeness (QED) is 0.0369. The van der Waals surface area contributed by atoms with Crippen molar-refractivity contribution in [2.45, 2.75) is 137 Å². The van der Waals surface area contributed by atoms with Gasteiger partial charge in [-0.15, -0.1) is 0 Å². The molecule has 0 bridgehead atoms. The number of carbonyl (C=O) groups excluding carboxylic acids is 8. The maximum atomic E-state index is 13.9. The van der Waals surface area contributed by atoms with Gasteiger partial charge in [0.1, 0.15) is 30.5 Å². The summed E-state index contributed by atoms with van der Waals surface area (Å²) in [5, 5.41) is 28.0. The van der Waals surface area contributed by atoms with E-state index in [2.05, 4.69) is 31.9 Å². The molecule has 0 aromatic heterocycles. The Morgan fingerprint density at radius 3 is 2.17 bits per heavy atom. The number of carbonyl (C=O) groups is 8. The molecule has 3 aromatic rings. The third kappa shape index (κ3) is 21.0. The first-order valence-electron chi connectivity index (χ1n) is 26.0. The lowest BCUT2D eigenvalue weighted by molar-refractivity contribution is -0.180. The van der Waals surface area contributed by atoms with Gasteiger partial charge in [-0.05, 0) is 104 Å². The first-order chi connectivity index (χ1) is 36.8. The molecule has 11 N–H and O–H groups in total. The van der Waals surface area contributed by atoms with Crippen LogP contribution in [-0.2, 0) is 69.0 Å². The average Bonchev–Trinajstić information content (AvgIpc) is 3.39. The van der Waals surface area contributed by atoms with Crippen LogP contribution in [0, 0.1) is 23.2 Å². The van der Waals surface area contributed by atoms with Crippen LogP contribution in [0.3, 0.4) is 0 Å². The Balaban J connectivity index is 1.37. The van der Waals surface area contributed by atoms with Gasteiger partial charge in [-0.25, -0.2) is 14.4 Å². The van der Waals surface area contributed by atoms with Gasteiger partial charge in [0, 0.05) is 44.1 Å². The number of hydrogen-bond donors (Lipinski definition) is 9. The van der Waals surface area contributed by atoms with Gasteiger partial charge in [-0.3, -0.25) is 24.0 Å². The number of benzene rings is 3. The van der Waals surface area contributed by atoms with E-state index in [4.69, 9.17) is 42.0 Å². The van der Waals surface area contributed by atoms with Gasteiger partial charge in [-0.1, -0.05) is 94.8 Å². The first-order valence-corrected chi connectivity index (χ1v) is 26.4. The molecule has 0 aliphatic carbocycles. The van der Waals surface area contributed by atoms with Gasteiger partial charge in [0.15, 0.2) is 6.10 Å². The lowest BCUT2D eigenvalue weighted by Gasteiger charge is -2.31. The number of methoxy groups -OCH3 is 1. The number of aliphatic hydroxyl groups excluding tert-OH is 1. The lowest BCUT2D eigenvalue weighted by atomic mass is 9.90. The Hall–Kier alpha value is -7.23. The number of aliphatic hydroxyl groups is 1. The molecule has 426 valence electrons. The van der Waals surface area contributed by atoms with Gasteiger partial charge >= 0.3 is 24.1 Å². The zero-order chi connectivity index (χ0) is 57.7. The minimum absolute atomic E-state index is 0.0150. The zero-order valence-electron chi connectivity index (χ0n) is 45.7. The molecule has 22 heteroatoms. The molecule has 0 fully saturated rings. The van der Waals surface area contributed by atoms with E-state index in [1.165, 1.54) is 19.3 Å². The number of alkyl carbamates (subject to hydrolysis) is 1. The molecular weight excluding hydrogens is 1030 g/mol. The van der Waals surface area contributed by atoms with Crippen LogP contribution < -0.4 is 48.1 Å². The third-order valence-corrected chi connectivity index (χ3v) is 13.3. The summed E-state index contributed by atoms with van der Waals surface area (Å²) in [7, 11) is 1.48. The van der Waals surface area contributed by atoms with Crippen molar-refractivity contribution in [2.75, 3.05) is 25.5 Å². The molecular formula is C56H77ClN8O13. The number of nitrogens with two attached hydrogens (primary N) is 2. The van der Waals surface area contributed by atoms with Gasteiger partial charge in [0.25, 0.3) is 0 Å². The van der Waals surface area contributed by atoms with Crippen LogP contribution >= 0.6 is 11.6 Å². The number of hydrogen-bond acceptors (Lipinski definition) is 14. The number of rotatable bonds is 22. The van der Waals surface area contributed by atoms with Crippen molar-refractivity contribution in [3.63, 3.8) is 0 Å². The van der Waals surface area contributed by atoms with E-state index in [-0.39, 0.29) is 70.2 Å². The highest BCUT2D eigenvalue weighted by Gasteiger charge is 2.38. The van der Waals surface area contributed by atoms with Gasteiger partial charge in [0.2, 0.25) is 23.6 Å². The predicted octanol–water partition coefficient (Wildman–Crippen LogP) is 4.87. The summed E-state index contributed by atoms with van der Waals surface area (Å²) in [4.78, 5) is 104. The fourth-order valence-corrected chi connectivity index (χ4v) is 8.21. The van der Waals surface area contributed by atoms with E-state index in [1.54, 1.807) is 101 Å². The minimum Gasteiger partial charge on any atom is -0.495 e. The van der Waals surface area contributed by atoms with Crippen molar-refractivity contribution in [3.05, 3.63) is 106 Å². The summed E-state index contributed by atoms with van der Waals surface area (Å²) in [5.41, 5.74) is 13.0. The second kappa shape index (κ2) is 30.6. The largest absolute Gasteiger partial charge is 0.495 e. The number of primary amides is 1. The topological polar surface area (TPSA) is 318 Å². The lowest BCUT2D eigenvalue weighted by Crippen LogP contribution is -2.51. The molecule has 78 heavy (non-hydrogen) atoms. The van der Waals surface area contributed by atoms with Crippen LogP contribution in [0.4, 0.5) is 15.3 Å². The monoisotopic (exact) mass is 1100 g/mol. The van der Waals surface area contributed by atoms with E-state index < -0.39 is 95.5 Å². The smallest absolute Gasteiger partial charge is 0.407 e. The molecule has 4 rings (SSSR count). The number of anilines is 1. The molecule has 1 unspecified atom stereocenters. The van der Waals surface area contributed by atoms with Crippen LogP contribution in [0.2, 0.25) is 5.02 Å². The third-order valence-electron chi connectivity index (χ3n) is 13.0. The average molecular weight is 1110 g/mol. The Bertz CT molecular complexity index is 2560. The normalized spacial score (nSPS) is 19.1. The van der Waals surface area contributed by atoms with Gasteiger partial charge in [-0.2, -0.15) is 0 Å². The SMILES string of the molecule is COc1ccc(C[C@H]2NC(=O)/C=C/C[C@@H]([C@H](C)[C@H](O)Cc3ccc(CNC(=O)OCc4ccc(NC(=O)[C@H](CCCNC(N)=O)NC(=O)C(N)C(C)C)cc4)cc3)OC(=O)[C@H](CC(C)C)OC(=O)C(C)(C)CNC2=O)cc1Cl. The molecule has 1 aliphatic heterocycles. The molecule has 7 amide bonds. The molecule has 3 aromatic carbocycles. The number of ether oxygens (including phenoxy) is 4. The second-order valence-corrected chi connectivity index (χ2v) is 21.2. The number of esters is 2. The molecule has 0 radical (unpaired) electrons. The number of halogens is 1. The summed E-state index contributed by atoms with van der Waals surface area (Å²) in [6, 6.07) is 15.2. The molecule has 0 saturated carbocycles. The van der Waals surface area contributed by atoms with Crippen molar-refractivity contribution in [3.8, 4) is 5.75 Å². The summed E-state index contributed by atoms with van der Waals surface area (Å²) in [6.07, 6.45) is -0.411. The second-order valence-electron chi connectivity index (χ2n) is 20.8. The van der Waals surface area contributed by atoms with Crippen molar-refractivity contribution < 1.29 is 62.4 Å². The maximum absolute atomic E-state index is 13.9. The molecule has 7 atom stereocenters. The first kappa shape index (κ1) is 63.3. The van der Waals surface area contributed by atoms with E-state index in [1.807, 2.05) is 13.8 Å². The fraction of sp³-hybridized carbons (Fsp3) is 0.500. The van der Waals surface area contributed by atoms with E-state index in [9.17, 15) is 43.5 Å². The number of nitrogens with one attached hydrogen (secondary N) is 6. The Morgan fingerprint density at radius 1 is 0.885 bits per heavy atom. The summed E-state index contributed by atoms with van der Waals surface area (Å²) < 4.78 is 22.5. The van der Waals surface area contributed by atoms with Crippen molar-refractivity contribution in [2.24, 2.45) is 34.6 Å². The predicted molar refractivity (Wildman–Crippen MR) is 292 cm³/mol. The molecule has 1 heterocycles. The summed E-state index contributed by atoms with van der Waals surface area (Å²) in [5.74, 6) is -4.21. The van der Waals surface area contributed by atoms with Gasteiger partial charge < -0.3 is 67.4 Å². The van der Waals surface area contributed by atoms with Crippen molar-refractivity contribution in [1.29, 1.82) is 0 Å². The maximum Gasteiger partial charge on any atom is 0.407 e. The van der Waals surface area contributed by atoms with E-state index >= 15 is 0 Å². The number of cyclic esters (lactones) is 2. The molecule has 0 saturated heterocycles. The fourth-order valence-electron chi connectivity index (χ4n) is 7.93. The van der Waals surface area contributed by atoms with Crippen LogP contribution in [0.15, 0.2) is 78.9 Å². The van der Waals surface area contributed by atoms with E-state index in [0.717, 1.165) is 11.1 Å². The molecule has 0 spiro atoms. The van der Waals surface area contributed by atoms with E-state index in [0.29, 0.717) is 34.0 Å². The summed E-state index contributed by atoms with van der Waals surface area (Å²) in [6.45, 7) is 12.2. The van der Waals surface area contributed by atoms with Crippen molar-refractivity contribution >= 4 is 65.0 Å². The minimum atomic E-state index is -1.30. The highest BCUT2D eigenvalue weighted by Crippen LogP contribution is 2.27. The molecule has 21 nitrogen and oxygen atoms in total. The Labute approximate surface area is 461 Å². The zero-order valence-corrected chi connectivity index (χ0v) is 46.4. The highest BCUT2D eigenvalue weighted by atomic mass is 35.5. The standard InChI is InChI=1S/C56H77ClN8O13/c1-32(2)25-46-52(71)77-44(12-9-13-47(67)64-42(27-38-20-23-45(75-8)40(57)26-38)49(68)62-31-56(6,7)53(72)78-46)34(5)43(66)28-35-14-16-36(17-15-35)29-61-55(74)76-30-37-18-21-39(22-19-37)63-50(69)41(11-10-24-60-54(59)73)65-51(70)48(58)33(3)4/h9,13-23,26,32-34,41-44,46,48,66H,10-12,24-25,27-31,58H2,1-8H3,(H,61,74)(H,62,68)(H,63,69)(H,64,67)(H,65,70)(H3,59,60,73)/b13-9+/t34-,41+,42-,43-,44+,46+,48?/m1/s1. The van der Waals surface area contributed by atoms with Crippen LogP contribution in [0.25, 0.3) is 0 Å². The Kier molecular flexibility index (Phi) is 24.9. The molecule has 1 aliphatic rings. The van der Waals surface area contributed by atoms with Gasteiger partial charge in [0.05, 0.1) is 29.7 Å². The van der Waals surface area contributed by atoms with Crippen molar-refractivity contribution in [1.82, 2.24) is 26.6 Å². The number of urea groups is 1. The number of amides is 7. The van der Waals surface area contributed by atoms with Crippen LogP contribution in [0.5, 0.6) is 5.75 Å². The van der Waals surface area contributed by atoms with Crippen LogP contribution in [0.1, 0.15) is 96.4 Å².